The molecule has 0 atom stereocenters. The van der Waals surface area contributed by atoms with Gasteiger partial charge in [-0.05, 0) is 28.8 Å². The summed E-state index contributed by atoms with van der Waals surface area (Å²) in [5.41, 5.74) is -0.601. The van der Waals surface area contributed by atoms with E-state index in [0.29, 0.717) is 13.1 Å². The van der Waals surface area contributed by atoms with Crippen LogP contribution in [0.25, 0.3) is 0 Å². The van der Waals surface area contributed by atoms with E-state index in [4.69, 9.17) is 0 Å². The molecule has 0 N–H and O–H groups in total. The van der Waals surface area contributed by atoms with Crippen molar-refractivity contribution in [2.24, 2.45) is 0 Å². The van der Waals surface area contributed by atoms with E-state index in [1.165, 1.54) is 4.90 Å². The first-order valence-corrected chi connectivity index (χ1v) is 5.59. The van der Waals surface area contributed by atoms with Crippen LogP contribution in [0.4, 0.5) is 23.2 Å². The average molecular weight is 298 g/mol. The third-order valence-electron chi connectivity index (χ3n) is 2.61. The number of anilines is 1. The zero-order valence-electron chi connectivity index (χ0n) is 8.17. The molecule has 1 aromatic rings. The van der Waals surface area contributed by atoms with Crippen LogP contribution in [0.1, 0.15) is 12.8 Å². The summed E-state index contributed by atoms with van der Waals surface area (Å²) in [6, 6.07) is 0. The van der Waals surface area contributed by atoms with Crippen molar-refractivity contribution in [3.63, 3.8) is 0 Å². The van der Waals surface area contributed by atoms with Crippen molar-refractivity contribution >= 4 is 21.6 Å². The maximum atomic E-state index is 13.5. The Labute approximate surface area is 98.2 Å². The molecule has 0 radical (unpaired) electrons. The molecule has 1 saturated heterocycles. The highest BCUT2D eigenvalue weighted by molar-refractivity contribution is 9.10. The molecule has 0 aliphatic carbocycles. The number of hydrogen-bond acceptors (Lipinski definition) is 1. The normalized spacial score (nSPS) is 15.9. The van der Waals surface area contributed by atoms with E-state index in [-0.39, 0.29) is 0 Å². The zero-order valence-corrected chi connectivity index (χ0v) is 9.75. The Morgan fingerprint density at radius 3 is 1.69 bits per heavy atom. The maximum Gasteiger partial charge on any atom is 0.186 e. The van der Waals surface area contributed by atoms with Gasteiger partial charge in [0.05, 0.1) is 4.47 Å². The summed E-state index contributed by atoms with van der Waals surface area (Å²) in [6.45, 7) is 0.822. The quantitative estimate of drug-likeness (QED) is 0.435. The average Bonchev–Trinajstić information content (AvgIpc) is 2.77. The zero-order chi connectivity index (χ0) is 11.9. The van der Waals surface area contributed by atoms with E-state index in [1.54, 1.807) is 0 Å². The summed E-state index contributed by atoms with van der Waals surface area (Å²) in [5.74, 6) is -5.46. The minimum atomic E-state index is -1.39. The van der Waals surface area contributed by atoms with Gasteiger partial charge in [-0.15, -0.1) is 0 Å². The second-order valence-electron chi connectivity index (χ2n) is 3.61. The Kier molecular flexibility index (Phi) is 3.10. The van der Waals surface area contributed by atoms with Gasteiger partial charge in [0.2, 0.25) is 0 Å². The molecule has 0 saturated carbocycles. The van der Waals surface area contributed by atoms with Crippen molar-refractivity contribution in [2.45, 2.75) is 12.8 Å². The van der Waals surface area contributed by atoms with Crippen molar-refractivity contribution in [2.75, 3.05) is 18.0 Å². The Hall–Kier alpha value is -0.780. The van der Waals surface area contributed by atoms with E-state index in [0.717, 1.165) is 12.8 Å². The predicted octanol–water partition coefficient (Wildman–Crippen LogP) is 3.61. The lowest BCUT2D eigenvalue weighted by Crippen LogP contribution is -2.22. The van der Waals surface area contributed by atoms with Gasteiger partial charge in [-0.3, -0.25) is 0 Å². The fourth-order valence-electron chi connectivity index (χ4n) is 1.81. The summed E-state index contributed by atoms with van der Waals surface area (Å²) in [4.78, 5) is 1.32. The highest BCUT2D eigenvalue weighted by Crippen LogP contribution is 2.34. The molecule has 1 aromatic carbocycles. The van der Waals surface area contributed by atoms with E-state index >= 15 is 0 Å². The Morgan fingerprint density at radius 1 is 0.812 bits per heavy atom. The molecule has 88 valence electrons. The third kappa shape index (κ3) is 1.69. The molecule has 16 heavy (non-hydrogen) atoms. The number of hydrogen-bond donors (Lipinski definition) is 0. The smallest absolute Gasteiger partial charge is 0.186 e. The molecule has 1 fully saturated rings. The summed E-state index contributed by atoms with van der Waals surface area (Å²) < 4.78 is 52.7. The summed E-state index contributed by atoms with van der Waals surface area (Å²) >= 11 is 2.47. The molecule has 0 aromatic heterocycles. The van der Waals surface area contributed by atoms with Crippen LogP contribution in [0, 0.1) is 23.3 Å². The fourth-order valence-corrected chi connectivity index (χ4v) is 2.16. The summed E-state index contributed by atoms with van der Waals surface area (Å²) in [5, 5.41) is 0. The SMILES string of the molecule is Fc1c(F)c(N2CCCC2)c(F)c(F)c1Br. The second-order valence-corrected chi connectivity index (χ2v) is 4.41. The van der Waals surface area contributed by atoms with Crippen LogP contribution in [-0.4, -0.2) is 13.1 Å². The first kappa shape index (κ1) is 11.7. The number of halogens is 5. The first-order valence-electron chi connectivity index (χ1n) is 4.80. The summed E-state index contributed by atoms with van der Waals surface area (Å²) in [7, 11) is 0. The monoisotopic (exact) mass is 297 g/mol. The van der Waals surface area contributed by atoms with Gasteiger partial charge >= 0.3 is 0 Å². The van der Waals surface area contributed by atoms with Crippen LogP contribution in [0.2, 0.25) is 0 Å². The van der Waals surface area contributed by atoms with Crippen molar-refractivity contribution in [3.05, 3.63) is 27.7 Å². The number of nitrogens with zero attached hydrogens (tertiary/aromatic N) is 1. The molecule has 1 nitrogen and oxygen atoms in total. The molecule has 2 rings (SSSR count). The molecular weight excluding hydrogens is 290 g/mol. The lowest BCUT2D eigenvalue weighted by molar-refractivity contribution is 0.446. The minimum absolute atomic E-state index is 0.411. The van der Waals surface area contributed by atoms with Crippen molar-refractivity contribution in [1.29, 1.82) is 0 Å². The largest absolute Gasteiger partial charge is 0.367 e. The molecular formula is C10H8BrF4N. The molecule has 0 bridgehead atoms. The highest BCUT2D eigenvalue weighted by atomic mass is 79.9. The topological polar surface area (TPSA) is 3.24 Å². The number of benzene rings is 1. The van der Waals surface area contributed by atoms with Gasteiger partial charge in [-0.25, -0.2) is 17.6 Å². The summed E-state index contributed by atoms with van der Waals surface area (Å²) in [6.07, 6.45) is 1.52. The molecule has 0 amide bonds. The van der Waals surface area contributed by atoms with Crippen LogP contribution >= 0.6 is 15.9 Å². The van der Waals surface area contributed by atoms with Crippen molar-refractivity contribution in [3.8, 4) is 0 Å². The maximum absolute atomic E-state index is 13.5. The van der Waals surface area contributed by atoms with Crippen LogP contribution in [0.3, 0.4) is 0 Å². The van der Waals surface area contributed by atoms with E-state index < -0.39 is 33.4 Å². The van der Waals surface area contributed by atoms with Gasteiger partial charge in [-0.1, -0.05) is 0 Å². The lowest BCUT2D eigenvalue weighted by Gasteiger charge is -2.20. The van der Waals surface area contributed by atoms with Crippen LogP contribution in [-0.2, 0) is 0 Å². The van der Waals surface area contributed by atoms with Crippen LogP contribution in [0.5, 0.6) is 0 Å². The lowest BCUT2D eigenvalue weighted by atomic mass is 10.2. The molecule has 6 heteroatoms. The van der Waals surface area contributed by atoms with Gasteiger partial charge in [0, 0.05) is 13.1 Å². The Morgan fingerprint density at radius 2 is 1.25 bits per heavy atom. The van der Waals surface area contributed by atoms with Gasteiger partial charge in [-0.2, -0.15) is 0 Å². The standard InChI is InChI=1S/C10H8BrF4N/c11-5-6(12)8(14)10(9(15)7(5)13)16-3-1-2-4-16/h1-4H2. The highest BCUT2D eigenvalue weighted by Gasteiger charge is 2.28. The molecule has 1 aliphatic rings. The van der Waals surface area contributed by atoms with E-state index in [2.05, 4.69) is 15.9 Å². The van der Waals surface area contributed by atoms with Crippen LogP contribution < -0.4 is 4.90 Å². The van der Waals surface area contributed by atoms with E-state index in [1.807, 2.05) is 0 Å². The van der Waals surface area contributed by atoms with Gasteiger partial charge in [0.25, 0.3) is 0 Å². The third-order valence-corrected chi connectivity index (χ3v) is 3.31. The Bertz CT molecular complexity index is 400. The predicted molar refractivity (Wildman–Crippen MR) is 55.4 cm³/mol. The number of rotatable bonds is 1. The molecule has 1 aliphatic heterocycles. The first-order chi connectivity index (χ1) is 7.54. The van der Waals surface area contributed by atoms with Crippen molar-refractivity contribution < 1.29 is 17.6 Å². The van der Waals surface area contributed by atoms with E-state index in [9.17, 15) is 17.6 Å². The molecule has 1 heterocycles. The minimum Gasteiger partial charge on any atom is -0.367 e. The second kappa shape index (κ2) is 4.24. The van der Waals surface area contributed by atoms with Gasteiger partial charge in [0.15, 0.2) is 23.3 Å². The van der Waals surface area contributed by atoms with Gasteiger partial charge < -0.3 is 4.90 Å². The van der Waals surface area contributed by atoms with Gasteiger partial charge in [0.1, 0.15) is 5.69 Å². The fraction of sp³-hybridized carbons (Fsp3) is 0.400. The van der Waals surface area contributed by atoms with Crippen molar-refractivity contribution in [1.82, 2.24) is 0 Å². The molecule has 0 unspecified atom stereocenters. The molecule has 0 spiro atoms. The van der Waals surface area contributed by atoms with Crippen LogP contribution in [0.15, 0.2) is 4.47 Å². The Balaban J connectivity index is 2.59.